The van der Waals surface area contributed by atoms with Gasteiger partial charge in [-0.05, 0) is 12.1 Å². The minimum Gasteiger partial charge on any atom is -0.506 e. The maximum Gasteiger partial charge on any atom is 0.341 e. The number of hydrogen-bond donors (Lipinski definition) is 2. The maximum absolute atomic E-state index is 12.4. The molecule has 0 atom stereocenters. The fraction of sp³-hybridized carbons (Fsp3) is 0.154. The number of phenolic OH excluding ortho intramolecular Hbond substituents is 1. The van der Waals surface area contributed by atoms with E-state index < -0.39 is 24.3 Å². The van der Waals surface area contributed by atoms with E-state index >= 15 is 0 Å². The Kier molecular flexibility index (Phi) is 4.49. The molecule has 0 fully saturated rings. The molecule has 0 aliphatic heterocycles. The number of halogens is 1. The standard InChI is InChI=1S/C13H11FN2O4S/c1-20-12(19)9-4-2-3-8(10(9)17)11(18)16-13-15-7(5-14)6-21-13/h2-4,6,17H,5H2,1H3,(H,15,16,18). The summed E-state index contributed by atoms with van der Waals surface area (Å²) in [6.07, 6.45) is 0. The number of aromatic nitrogens is 1. The van der Waals surface area contributed by atoms with Gasteiger partial charge in [-0.2, -0.15) is 0 Å². The van der Waals surface area contributed by atoms with Crippen molar-refractivity contribution in [1.82, 2.24) is 4.98 Å². The van der Waals surface area contributed by atoms with E-state index in [1.165, 1.54) is 30.7 Å². The van der Waals surface area contributed by atoms with Gasteiger partial charge in [0.1, 0.15) is 18.0 Å². The Morgan fingerprint density at radius 1 is 1.43 bits per heavy atom. The molecule has 21 heavy (non-hydrogen) atoms. The number of nitrogens with one attached hydrogen (secondary N) is 1. The summed E-state index contributed by atoms with van der Waals surface area (Å²) >= 11 is 1.06. The van der Waals surface area contributed by atoms with Gasteiger partial charge < -0.3 is 9.84 Å². The Balaban J connectivity index is 2.25. The quantitative estimate of drug-likeness (QED) is 0.846. The number of esters is 1. The first kappa shape index (κ1) is 14.9. The third-order valence-corrected chi connectivity index (χ3v) is 3.40. The van der Waals surface area contributed by atoms with Crippen molar-refractivity contribution in [2.75, 3.05) is 12.4 Å². The van der Waals surface area contributed by atoms with Crippen LogP contribution < -0.4 is 5.32 Å². The van der Waals surface area contributed by atoms with Crippen LogP contribution in [0.4, 0.5) is 9.52 Å². The van der Waals surface area contributed by atoms with E-state index in [1.54, 1.807) is 0 Å². The molecule has 2 aromatic rings. The lowest BCUT2D eigenvalue weighted by Gasteiger charge is -2.07. The van der Waals surface area contributed by atoms with Crippen LogP contribution in [0.25, 0.3) is 0 Å². The minimum absolute atomic E-state index is 0.102. The van der Waals surface area contributed by atoms with Crippen molar-refractivity contribution in [3.63, 3.8) is 0 Å². The zero-order valence-electron chi connectivity index (χ0n) is 10.9. The zero-order valence-corrected chi connectivity index (χ0v) is 11.7. The molecule has 0 aliphatic rings. The number of aromatic hydroxyl groups is 1. The van der Waals surface area contributed by atoms with Crippen LogP contribution in [0.15, 0.2) is 23.6 Å². The normalized spacial score (nSPS) is 10.2. The Morgan fingerprint density at radius 3 is 2.76 bits per heavy atom. The van der Waals surface area contributed by atoms with Crippen molar-refractivity contribution >= 4 is 28.3 Å². The molecular weight excluding hydrogens is 299 g/mol. The fourth-order valence-electron chi connectivity index (χ4n) is 1.59. The summed E-state index contributed by atoms with van der Waals surface area (Å²) in [5, 5.41) is 14.1. The molecule has 0 bridgehead atoms. The van der Waals surface area contributed by atoms with E-state index in [4.69, 9.17) is 0 Å². The average Bonchev–Trinajstić information content (AvgIpc) is 2.94. The van der Waals surface area contributed by atoms with E-state index in [0.717, 1.165) is 11.3 Å². The Morgan fingerprint density at radius 2 is 2.14 bits per heavy atom. The second kappa shape index (κ2) is 6.31. The zero-order chi connectivity index (χ0) is 15.4. The molecule has 0 saturated carbocycles. The highest BCUT2D eigenvalue weighted by atomic mass is 32.1. The number of hydrogen-bond acceptors (Lipinski definition) is 6. The SMILES string of the molecule is COC(=O)c1cccc(C(=O)Nc2nc(CF)cs2)c1O. The van der Waals surface area contributed by atoms with Gasteiger partial charge in [-0.3, -0.25) is 10.1 Å². The van der Waals surface area contributed by atoms with Crippen LogP contribution in [0.3, 0.4) is 0 Å². The highest BCUT2D eigenvalue weighted by Gasteiger charge is 2.19. The van der Waals surface area contributed by atoms with Crippen LogP contribution >= 0.6 is 11.3 Å². The van der Waals surface area contributed by atoms with Gasteiger partial charge in [0.05, 0.1) is 18.4 Å². The second-order valence-corrected chi connectivity index (χ2v) is 4.78. The van der Waals surface area contributed by atoms with Crippen molar-refractivity contribution < 1.29 is 23.8 Å². The Labute approximate surface area is 123 Å². The molecule has 2 rings (SSSR count). The number of ether oxygens (including phenoxy) is 1. The molecule has 0 spiro atoms. The molecule has 110 valence electrons. The van der Waals surface area contributed by atoms with Crippen LogP contribution in [0.5, 0.6) is 5.75 Å². The number of benzene rings is 1. The lowest BCUT2D eigenvalue weighted by atomic mass is 10.1. The third kappa shape index (κ3) is 3.16. The first-order valence-corrected chi connectivity index (χ1v) is 6.66. The number of methoxy groups -OCH3 is 1. The van der Waals surface area contributed by atoms with Crippen LogP contribution in [0, 0.1) is 0 Å². The average molecular weight is 310 g/mol. The molecule has 1 aromatic heterocycles. The Hall–Kier alpha value is -2.48. The molecule has 0 saturated heterocycles. The van der Waals surface area contributed by atoms with E-state index in [-0.39, 0.29) is 22.0 Å². The summed E-state index contributed by atoms with van der Waals surface area (Å²) in [5.41, 5.74) is -0.00790. The number of nitrogens with zero attached hydrogens (tertiary/aromatic N) is 1. The minimum atomic E-state index is -0.754. The molecule has 2 N–H and O–H groups in total. The molecule has 1 amide bonds. The summed E-state index contributed by atoms with van der Waals surface area (Å²) in [7, 11) is 1.17. The molecule has 8 heteroatoms. The number of thiazole rings is 1. The lowest BCUT2D eigenvalue weighted by Crippen LogP contribution is -2.13. The second-order valence-electron chi connectivity index (χ2n) is 3.93. The van der Waals surface area contributed by atoms with Gasteiger partial charge in [0.25, 0.3) is 5.91 Å². The van der Waals surface area contributed by atoms with Crippen molar-refractivity contribution in [3.8, 4) is 5.75 Å². The van der Waals surface area contributed by atoms with Crippen LogP contribution in [0.2, 0.25) is 0 Å². The number of alkyl halides is 1. The molecular formula is C13H11FN2O4S. The molecule has 1 heterocycles. The van der Waals surface area contributed by atoms with E-state index in [9.17, 15) is 19.1 Å². The number of amides is 1. The number of phenols is 1. The summed E-state index contributed by atoms with van der Waals surface area (Å²) in [5.74, 6) is -1.89. The first-order valence-electron chi connectivity index (χ1n) is 5.78. The summed E-state index contributed by atoms with van der Waals surface area (Å²) < 4.78 is 16.9. The topological polar surface area (TPSA) is 88.5 Å². The number of rotatable bonds is 4. The van der Waals surface area contributed by atoms with Crippen molar-refractivity contribution in [3.05, 3.63) is 40.4 Å². The predicted octanol–water partition coefficient (Wildman–Crippen LogP) is 2.36. The van der Waals surface area contributed by atoms with Crippen molar-refractivity contribution in [2.45, 2.75) is 6.67 Å². The van der Waals surface area contributed by atoms with Crippen LogP contribution in [0.1, 0.15) is 26.4 Å². The fourth-order valence-corrected chi connectivity index (χ4v) is 2.28. The molecule has 0 aliphatic carbocycles. The van der Waals surface area contributed by atoms with Crippen molar-refractivity contribution in [1.29, 1.82) is 0 Å². The maximum atomic E-state index is 12.4. The van der Waals surface area contributed by atoms with Gasteiger partial charge >= 0.3 is 5.97 Å². The summed E-state index contributed by atoms with van der Waals surface area (Å²) in [6, 6.07) is 4.12. The monoisotopic (exact) mass is 310 g/mol. The van der Waals surface area contributed by atoms with Gasteiger partial charge in [0, 0.05) is 5.38 Å². The smallest absolute Gasteiger partial charge is 0.341 e. The van der Waals surface area contributed by atoms with Gasteiger partial charge in [-0.25, -0.2) is 14.2 Å². The van der Waals surface area contributed by atoms with Crippen LogP contribution in [-0.2, 0) is 11.4 Å². The van der Waals surface area contributed by atoms with Gasteiger partial charge in [0.2, 0.25) is 0 Å². The van der Waals surface area contributed by atoms with E-state index in [2.05, 4.69) is 15.0 Å². The molecule has 0 unspecified atom stereocenters. The highest BCUT2D eigenvalue weighted by Crippen LogP contribution is 2.25. The summed E-state index contributed by atoms with van der Waals surface area (Å²) in [4.78, 5) is 27.3. The molecule has 6 nitrogen and oxygen atoms in total. The Bertz CT molecular complexity index is 687. The summed E-state index contributed by atoms with van der Waals surface area (Å²) in [6.45, 7) is -0.727. The van der Waals surface area contributed by atoms with Crippen LogP contribution in [-0.4, -0.2) is 29.1 Å². The number of carbonyl (C=O) groups excluding carboxylic acids is 2. The van der Waals surface area contributed by atoms with E-state index in [0.29, 0.717) is 0 Å². The number of carbonyl (C=O) groups is 2. The van der Waals surface area contributed by atoms with Gasteiger partial charge in [-0.1, -0.05) is 6.07 Å². The largest absolute Gasteiger partial charge is 0.506 e. The van der Waals surface area contributed by atoms with E-state index in [1.807, 2.05) is 0 Å². The number of para-hydroxylation sites is 1. The molecule has 0 radical (unpaired) electrons. The van der Waals surface area contributed by atoms with Crippen molar-refractivity contribution in [2.24, 2.45) is 0 Å². The highest BCUT2D eigenvalue weighted by molar-refractivity contribution is 7.13. The first-order chi connectivity index (χ1) is 10.1. The third-order valence-electron chi connectivity index (χ3n) is 2.60. The predicted molar refractivity (Wildman–Crippen MR) is 74.3 cm³/mol. The lowest BCUT2D eigenvalue weighted by molar-refractivity contribution is 0.0597. The van der Waals surface area contributed by atoms with Gasteiger partial charge in [-0.15, -0.1) is 11.3 Å². The van der Waals surface area contributed by atoms with Gasteiger partial charge in [0.15, 0.2) is 5.13 Å². The molecule has 1 aromatic carbocycles. The number of anilines is 1.